The predicted molar refractivity (Wildman–Crippen MR) is 65.5 cm³/mol. The van der Waals surface area contributed by atoms with E-state index in [0.29, 0.717) is 5.15 Å². The molecule has 0 aromatic carbocycles. The highest BCUT2D eigenvalue weighted by Gasteiger charge is 2.07. The average Bonchev–Trinajstić information content (AvgIpc) is 2.84. The second kappa shape index (κ2) is 5.80. The molecule has 2 heterocycles. The summed E-state index contributed by atoms with van der Waals surface area (Å²) >= 11 is 5.69. The lowest BCUT2D eigenvalue weighted by Gasteiger charge is -2.18. The minimum Gasteiger partial charge on any atom is -0.468 e. The van der Waals surface area contributed by atoms with Gasteiger partial charge in [0.1, 0.15) is 5.76 Å². The van der Waals surface area contributed by atoms with Crippen molar-refractivity contribution < 1.29 is 4.42 Å². The summed E-state index contributed by atoms with van der Waals surface area (Å²) in [5.74, 6) is 0.953. The van der Waals surface area contributed by atoms with Crippen LogP contribution < -0.4 is 0 Å². The molecule has 0 bridgehead atoms. The fourth-order valence-corrected chi connectivity index (χ4v) is 1.66. The lowest BCUT2D eigenvalue weighted by Crippen LogP contribution is -2.22. The molecule has 0 N–H and O–H groups in total. The van der Waals surface area contributed by atoms with E-state index in [0.717, 1.165) is 31.1 Å². The molecule has 0 atom stereocenters. The topological polar surface area (TPSA) is 42.2 Å². The Bertz CT molecular complexity index is 441. The molecule has 2 aromatic rings. The first-order valence-electron chi connectivity index (χ1n) is 5.50. The molecule has 0 aliphatic carbocycles. The van der Waals surface area contributed by atoms with Crippen molar-refractivity contribution in [3.8, 4) is 0 Å². The van der Waals surface area contributed by atoms with Crippen LogP contribution >= 0.6 is 11.6 Å². The van der Waals surface area contributed by atoms with Crippen molar-refractivity contribution in [3.05, 3.63) is 47.1 Å². The summed E-state index contributed by atoms with van der Waals surface area (Å²) in [6.45, 7) is 4.53. The second-order valence-electron chi connectivity index (χ2n) is 3.73. The molecule has 0 spiro atoms. The maximum absolute atomic E-state index is 5.69. The van der Waals surface area contributed by atoms with Gasteiger partial charge in [-0.15, -0.1) is 5.10 Å². The first-order valence-corrected chi connectivity index (χ1v) is 5.88. The molecule has 90 valence electrons. The van der Waals surface area contributed by atoms with Gasteiger partial charge in [0.2, 0.25) is 0 Å². The van der Waals surface area contributed by atoms with Gasteiger partial charge in [-0.05, 0) is 30.8 Å². The van der Waals surface area contributed by atoms with E-state index >= 15 is 0 Å². The van der Waals surface area contributed by atoms with Gasteiger partial charge in [0, 0.05) is 6.54 Å². The first-order chi connectivity index (χ1) is 8.28. The van der Waals surface area contributed by atoms with Crippen molar-refractivity contribution in [1.82, 2.24) is 15.1 Å². The Hall–Kier alpha value is -1.39. The van der Waals surface area contributed by atoms with E-state index in [2.05, 4.69) is 22.0 Å². The van der Waals surface area contributed by atoms with Crippen LogP contribution in [0.15, 0.2) is 34.9 Å². The highest BCUT2D eigenvalue weighted by molar-refractivity contribution is 6.29. The molecule has 4 nitrogen and oxygen atoms in total. The van der Waals surface area contributed by atoms with E-state index in [-0.39, 0.29) is 0 Å². The Morgan fingerprint density at radius 2 is 2.12 bits per heavy atom. The van der Waals surface area contributed by atoms with Crippen molar-refractivity contribution in [2.24, 2.45) is 0 Å². The predicted octanol–water partition coefficient (Wildman–Crippen LogP) is 2.75. The number of rotatable bonds is 5. The number of furan rings is 1. The zero-order valence-corrected chi connectivity index (χ0v) is 10.4. The third kappa shape index (κ3) is 3.54. The van der Waals surface area contributed by atoms with E-state index < -0.39 is 0 Å². The summed E-state index contributed by atoms with van der Waals surface area (Å²) in [5, 5.41) is 8.29. The Labute approximate surface area is 105 Å². The Kier molecular flexibility index (Phi) is 4.12. The molecule has 5 heteroatoms. The van der Waals surface area contributed by atoms with Crippen LogP contribution in [-0.2, 0) is 13.1 Å². The van der Waals surface area contributed by atoms with E-state index in [9.17, 15) is 0 Å². The normalized spacial score (nSPS) is 11.0. The van der Waals surface area contributed by atoms with Crippen molar-refractivity contribution in [2.45, 2.75) is 20.0 Å². The van der Waals surface area contributed by atoms with Gasteiger partial charge in [0.25, 0.3) is 0 Å². The number of hydrogen-bond donors (Lipinski definition) is 0. The largest absolute Gasteiger partial charge is 0.468 e. The van der Waals surface area contributed by atoms with Crippen LogP contribution in [0.4, 0.5) is 0 Å². The summed E-state index contributed by atoms with van der Waals surface area (Å²) < 4.78 is 5.32. The summed E-state index contributed by atoms with van der Waals surface area (Å²) in [4.78, 5) is 2.22. The standard InChI is InChI=1S/C12H14ClN3O/c1-2-16(9-11-4-3-7-17-11)8-10-5-6-12(13)15-14-10/h3-7H,2,8-9H2,1H3. The molecule has 0 aliphatic heterocycles. The molecule has 0 fully saturated rings. The molecular weight excluding hydrogens is 238 g/mol. The summed E-state index contributed by atoms with van der Waals surface area (Å²) in [6, 6.07) is 7.51. The molecule has 0 unspecified atom stereocenters. The van der Waals surface area contributed by atoms with Crippen LogP contribution in [-0.4, -0.2) is 21.6 Å². The quantitative estimate of drug-likeness (QED) is 0.820. The highest BCUT2D eigenvalue weighted by atomic mass is 35.5. The van der Waals surface area contributed by atoms with Gasteiger partial charge in [-0.1, -0.05) is 18.5 Å². The zero-order chi connectivity index (χ0) is 12.1. The average molecular weight is 252 g/mol. The van der Waals surface area contributed by atoms with Crippen molar-refractivity contribution >= 4 is 11.6 Å². The van der Waals surface area contributed by atoms with E-state index in [4.69, 9.17) is 16.0 Å². The van der Waals surface area contributed by atoms with Crippen molar-refractivity contribution in [1.29, 1.82) is 0 Å². The molecule has 0 radical (unpaired) electrons. The van der Waals surface area contributed by atoms with Gasteiger partial charge >= 0.3 is 0 Å². The second-order valence-corrected chi connectivity index (χ2v) is 4.12. The van der Waals surface area contributed by atoms with E-state index in [1.807, 2.05) is 18.2 Å². The lowest BCUT2D eigenvalue weighted by molar-refractivity contribution is 0.244. The maximum atomic E-state index is 5.69. The minimum atomic E-state index is 0.419. The minimum absolute atomic E-state index is 0.419. The van der Waals surface area contributed by atoms with Gasteiger partial charge in [0.05, 0.1) is 18.5 Å². The molecule has 17 heavy (non-hydrogen) atoms. The van der Waals surface area contributed by atoms with E-state index in [1.54, 1.807) is 12.3 Å². The monoisotopic (exact) mass is 251 g/mol. The van der Waals surface area contributed by atoms with Crippen LogP contribution in [0, 0.1) is 0 Å². The van der Waals surface area contributed by atoms with Gasteiger partial charge in [-0.3, -0.25) is 4.90 Å². The van der Waals surface area contributed by atoms with Gasteiger partial charge in [-0.25, -0.2) is 0 Å². The van der Waals surface area contributed by atoms with Crippen molar-refractivity contribution in [2.75, 3.05) is 6.54 Å². The SMILES string of the molecule is CCN(Cc1ccc(Cl)nn1)Cc1ccco1. The van der Waals surface area contributed by atoms with Crippen LogP contribution in [0.2, 0.25) is 5.15 Å². The first kappa shape index (κ1) is 12.1. The van der Waals surface area contributed by atoms with Gasteiger partial charge in [-0.2, -0.15) is 5.10 Å². The Morgan fingerprint density at radius 1 is 1.24 bits per heavy atom. The van der Waals surface area contributed by atoms with Crippen LogP contribution in [0.25, 0.3) is 0 Å². The van der Waals surface area contributed by atoms with Crippen LogP contribution in [0.1, 0.15) is 18.4 Å². The fraction of sp³-hybridized carbons (Fsp3) is 0.333. The fourth-order valence-electron chi connectivity index (χ4n) is 1.56. The van der Waals surface area contributed by atoms with Gasteiger partial charge in [0.15, 0.2) is 5.15 Å². The highest BCUT2D eigenvalue weighted by Crippen LogP contribution is 2.09. The molecule has 0 aliphatic rings. The summed E-state index contributed by atoms with van der Waals surface area (Å²) in [7, 11) is 0. The smallest absolute Gasteiger partial charge is 0.151 e. The number of hydrogen-bond acceptors (Lipinski definition) is 4. The summed E-state index contributed by atoms with van der Waals surface area (Å²) in [5.41, 5.74) is 0.905. The lowest BCUT2D eigenvalue weighted by atomic mass is 10.3. The third-order valence-electron chi connectivity index (χ3n) is 2.48. The molecule has 0 saturated heterocycles. The van der Waals surface area contributed by atoms with Crippen LogP contribution in [0.5, 0.6) is 0 Å². The molecule has 2 rings (SSSR count). The number of aromatic nitrogens is 2. The molecule has 0 saturated carbocycles. The van der Waals surface area contributed by atoms with E-state index in [1.165, 1.54) is 0 Å². The zero-order valence-electron chi connectivity index (χ0n) is 9.64. The Morgan fingerprint density at radius 3 is 2.71 bits per heavy atom. The van der Waals surface area contributed by atoms with Gasteiger partial charge < -0.3 is 4.42 Å². The molecular formula is C12H14ClN3O. The number of nitrogens with zero attached hydrogens (tertiary/aromatic N) is 3. The van der Waals surface area contributed by atoms with Crippen LogP contribution in [0.3, 0.4) is 0 Å². The molecule has 0 amide bonds. The summed E-state index contributed by atoms with van der Waals surface area (Å²) in [6.07, 6.45) is 1.69. The Balaban J connectivity index is 1.97. The maximum Gasteiger partial charge on any atom is 0.151 e. The number of halogens is 1. The molecule has 2 aromatic heterocycles. The van der Waals surface area contributed by atoms with Crippen molar-refractivity contribution in [3.63, 3.8) is 0 Å². The third-order valence-corrected chi connectivity index (χ3v) is 2.68.